The number of rotatable bonds is 3. The smallest absolute Gasteiger partial charge is 0.291 e. The Morgan fingerprint density at radius 1 is 1.83 bits per heavy atom. The van der Waals surface area contributed by atoms with Crippen molar-refractivity contribution in [2.45, 2.75) is 0 Å². The molecule has 0 aliphatic carbocycles. The molecule has 0 radical (unpaired) electrons. The summed E-state index contributed by atoms with van der Waals surface area (Å²) in [5.41, 5.74) is 1.75. The van der Waals surface area contributed by atoms with Crippen LogP contribution in [0.5, 0.6) is 0 Å². The number of hydrogen-bond acceptors (Lipinski definition) is 2. The highest BCUT2D eigenvalue weighted by molar-refractivity contribution is 6.42. The molecule has 4 heteroatoms. The Balaban J connectivity index is 2.49. The van der Waals surface area contributed by atoms with Crippen LogP contribution in [0.4, 0.5) is 0 Å². The summed E-state index contributed by atoms with van der Waals surface area (Å²) < 4.78 is 4.70. The van der Waals surface area contributed by atoms with Crippen molar-refractivity contribution in [1.29, 1.82) is 0 Å². The van der Waals surface area contributed by atoms with E-state index in [1.807, 2.05) is 0 Å². The van der Waals surface area contributed by atoms with Gasteiger partial charge in [0.05, 0.1) is 0 Å². The van der Waals surface area contributed by atoms with Gasteiger partial charge in [-0.1, -0.05) is 5.70 Å². The molecule has 0 unspecified atom stereocenters. The van der Waals surface area contributed by atoms with Crippen LogP contribution in [-0.4, -0.2) is 24.6 Å². The van der Waals surface area contributed by atoms with Gasteiger partial charge in [0.15, 0.2) is 9.76 Å². The average Bonchev–Trinajstić information content (AvgIpc) is 1.61. The third-order valence-electron chi connectivity index (χ3n) is 0.327. The van der Waals surface area contributed by atoms with Crippen molar-refractivity contribution in [1.82, 2.24) is 0 Å². The minimum absolute atomic E-state index is 0.503. The predicted molar refractivity (Wildman–Crippen MR) is 30.6 cm³/mol. The van der Waals surface area contributed by atoms with E-state index in [0.717, 1.165) is 0 Å². The molecule has 0 heterocycles. The van der Waals surface area contributed by atoms with E-state index >= 15 is 0 Å². The molecule has 0 aromatic rings. The molecule has 6 heavy (non-hydrogen) atoms. The van der Waals surface area contributed by atoms with Gasteiger partial charge in [0, 0.05) is 0 Å². The summed E-state index contributed by atoms with van der Waals surface area (Å²) in [6.45, 7) is 3.45. The van der Waals surface area contributed by atoms with Crippen molar-refractivity contribution < 1.29 is 8.91 Å². The van der Waals surface area contributed by atoms with E-state index in [1.165, 1.54) is 0 Å². The quantitative estimate of drug-likeness (QED) is 0.352. The van der Waals surface area contributed by atoms with Crippen molar-refractivity contribution in [3.05, 3.63) is 12.3 Å². The maximum atomic E-state index is 8.10. The lowest BCUT2D eigenvalue weighted by Gasteiger charge is -1.86. The van der Waals surface area contributed by atoms with E-state index in [0.29, 0.717) is 0 Å². The van der Waals surface area contributed by atoms with Crippen molar-refractivity contribution >= 4 is 19.8 Å². The summed E-state index contributed by atoms with van der Waals surface area (Å²) in [5.74, 6) is 0. The maximum absolute atomic E-state index is 8.10. The zero-order valence-electron chi connectivity index (χ0n) is 3.55. The molecule has 0 rings (SSSR count). The first-order valence-electron chi connectivity index (χ1n) is 1.71. The molecule has 0 spiro atoms. The van der Waals surface area contributed by atoms with Gasteiger partial charge in [-0.2, -0.15) is 0 Å². The minimum atomic E-state index is -1.11. The lowest BCUT2D eigenvalue weighted by molar-refractivity contribution is 0.473. The maximum Gasteiger partial charge on any atom is 0.291 e. The van der Waals surface area contributed by atoms with Crippen LogP contribution in [0.2, 0.25) is 0 Å². The zero-order valence-corrected chi connectivity index (χ0v) is 6.38. The largest absolute Gasteiger partial charge is 0.442 e. The average molecular weight is 120 g/mol. The first-order valence-corrected chi connectivity index (χ1v) is 4.31. The summed E-state index contributed by atoms with van der Waals surface area (Å²) in [4.78, 5) is 8.10. The van der Waals surface area contributed by atoms with Gasteiger partial charge >= 0.3 is 0 Å². The molecule has 0 bridgehead atoms. The van der Waals surface area contributed by atoms with Gasteiger partial charge in [0.25, 0.3) is 10.0 Å². The van der Waals surface area contributed by atoms with Crippen molar-refractivity contribution in [3.8, 4) is 0 Å². The molecule has 0 aliphatic rings. The summed E-state index contributed by atoms with van der Waals surface area (Å²) in [7, 11) is -1.61. The standard InChI is InChI=1S/C2H8O2Si2/c1-2-5-4-6-3/h2-3H,1,5-6H2. The second kappa shape index (κ2) is 5.09. The first-order chi connectivity index (χ1) is 2.91. The molecule has 2 nitrogen and oxygen atoms in total. The molecule has 0 aromatic heterocycles. The normalized spacial score (nSPS) is 12.2. The fourth-order valence-electron chi connectivity index (χ4n) is 0.136. The fourth-order valence-corrected chi connectivity index (χ4v) is 1.22. The van der Waals surface area contributed by atoms with Crippen LogP contribution in [0.15, 0.2) is 12.3 Å². The summed E-state index contributed by atoms with van der Waals surface area (Å²) in [6.07, 6.45) is 0. The third-order valence-corrected chi connectivity index (χ3v) is 2.24. The molecule has 0 aromatic carbocycles. The summed E-state index contributed by atoms with van der Waals surface area (Å²) in [5, 5.41) is 0. The van der Waals surface area contributed by atoms with Crippen LogP contribution in [0, 0.1) is 0 Å². The van der Waals surface area contributed by atoms with Crippen molar-refractivity contribution in [3.63, 3.8) is 0 Å². The van der Waals surface area contributed by atoms with Gasteiger partial charge < -0.3 is 8.91 Å². The Morgan fingerprint density at radius 3 is 2.67 bits per heavy atom. The molecule has 0 fully saturated rings. The molecule has 36 valence electrons. The summed E-state index contributed by atoms with van der Waals surface area (Å²) in [6, 6.07) is 0. The van der Waals surface area contributed by atoms with Crippen LogP contribution in [0.25, 0.3) is 0 Å². The Morgan fingerprint density at radius 2 is 2.50 bits per heavy atom. The zero-order chi connectivity index (χ0) is 4.83. The van der Waals surface area contributed by atoms with E-state index in [9.17, 15) is 0 Å². The van der Waals surface area contributed by atoms with Crippen molar-refractivity contribution in [2.75, 3.05) is 0 Å². The minimum Gasteiger partial charge on any atom is -0.442 e. The Kier molecular flexibility index (Phi) is 5.17. The topological polar surface area (TPSA) is 29.5 Å². The van der Waals surface area contributed by atoms with Crippen LogP contribution >= 0.6 is 0 Å². The lowest BCUT2D eigenvalue weighted by atomic mass is 11.3. The Hall–Kier alpha value is 0.0938. The van der Waals surface area contributed by atoms with E-state index in [4.69, 9.17) is 8.91 Å². The molecule has 0 amide bonds. The van der Waals surface area contributed by atoms with Crippen LogP contribution in [-0.2, 0) is 4.12 Å². The molecule has 0 saturated carbocycles. The van der Waals surface area contributed by atoms with Crippen LogP contribution < -0.4 is 0 Å². The molecular weight excluding hydrogens is 112 g/mol. The third kappa shape index (κ3) is 4.09. The second-order valence-corrected chi connectivity index (χ2v) is 3.59. The number of hydrogen-bond donors (Lipinski definition) is 1. The second-order valence-electron chi connectivity index (χ2n) is 0.789. The van der Waals surface area contributed by atoms with Gasteiger partial charge in [-0.15, -0.1) is 6.58 Å². The molecular formula is C2H8O2Si2. The van der Waals surface area contributed by atoms with Crippen LogP contribution in [0.1, 0.15) is 0 Å². The predicted octanol–water partition coefficient (Wildman–Crippen LogP) is -1.78. The van der Waals surface area contributed by atoms with Crippen molar-refractivity contribution in [2.24, 2.45) is 0 Å². The molecule has 1 N–H and O–H groups in total. The lowest BCUT2D eigenvalue weighted by Crippen LogP contribution is -1.98. The van der Waals surface area contributed by atoms with E-state index in [1.54, 1.807) is 5.70 Å². The van der Waals surface area contributed by atoms with Gasteiger partial charge in [0.1, 0.15) is 0 Å². The highest BCUT2D eigenvalue weighted by atomic mass is 28.3. The first kappa shape index (κ1) is 6.09. The molecule has 0 aliphatic heterocycles. The van der Waals surface area contributed by atoms with Crippen LogP contribution in [0.3, 0.4) is 0 Å². The van der Waals surface area contributed by atoms with Gasteiger partial charge in [-0.25, -0.2) is 0 Å². The molecule has 0 atom stereocenters. The van der Waals surface area contributed by atoms with E-state index < -0.39 is 19.8 Å². The van der Waals surface area contributed by atoms with Gasteiger partial charge in [-0.3, -0.25) is 0 Å². The Bertz CT molecular complexity index is 38.5. The highest BCUT2D eigenvalue weighted by Crippen LogP contribution is 1.59. The molecule has 0 saturated heterocycles. The van der Waals surface area contributed by atoms with Gasteiger partial charge in [-0.05, 0) is 0 Å². The SMILES string of the molecule is C=C[SiH2]O[SiH2]O. The van der Waals surface area contributed by atoms with E-state index in [-0.39, 0.29) is 0 Å². The van der Waals surface area contributed by atoms with E-state index in [2.05, 4.69) is 6.58 Å². The van der Waals surface area contributed by atoms with Gasteiger partial charge in [0.2, 0.25) is 0 Å². The monoisotopic (exact) mass is 120 g/mol. The highest BCUT2D eigenvalue weighted by Gasteiger charge is 1.72. The Labute approximate surface area is 41.8 Å². The summed E-state index contributed by atoms with van der Waals surface area (Å²) >= 11 is 0. The fraction of sp³-hybridized carbons (Fsp3) is 0.